The minimum Gasteiger partial charge on any atom is -0.212 e. The molecule has 2 heteroatoms. The lowest BCUT2D eigenvalue weighted by molar-refractivity contribution is 0.613. The third kappa shape index (κ3) is 2.13. The minimum atomic E-state index is -0.0255. The van der Waals surface area contributed by atoms with Crippen molar-refractivity contribution >= 4 is 21.5 Å². The van der Waals surface area contributed by atoms with Gasteiger partial charge in [-0.1, -0.05) is 34.1 Å². The summed E-state index contributed by atoms with van der Waals surface area (Å²) in [7, 11) is 0. The van der Waals surface area contributed by atoms with Gasteiger partial charge >= 0.3 is 0 Å². The van der Waals surface area contributed by atoms with Crippen LogP contribution in [-0.2, 0) is 0 Å². The van der Waals surface area contributed by atoms with Gasteiger partial charge in [-0.05, 0) is 35.8 Å². The van der Waals surface area contributed by atoms with Gasteiger partial charge in [0, 0.05) is 10.9 Å². The molecule has 1 aliphatic rings. The normalized spacial score (nSPS) is 16.1. The van der Waals surface area contributed by atoms with Crippen LogP contribution in [0.5, 0.6) is 0 Å². The first-order chi connectivity index (χ1) is 6.75. The van der Waals surface area contributed by atoms with Gasteiger partial charge < -0.3 is 0 Å². The standard InChI is InChI=1S/C12H10BrF/c13-11-5-1-3-9(7-11)10-4-2-6-12(14)8-10/h1,3-7H,2,8H2. The fraction of sp³-hybridized carbons (Fsp3) is 0.167. The molecule has 0 spiro atoms. The fourth-order valence-corrected chi connectivity index (χ4v) is 1.96. The average molecular weight is 253 g/mol. The Morgan fingerprint density at radius 3 is 2.79 bits per heavy atom. The molecule has 2 rings (SSSR count). The van der Waals surface area contributed by atoms with E-state index in [4.69, 9.17) is 0 Å². The molecule has 14 heavy (non-hydrogen) atoms. The van der Waals surface area contributed by atoms with Crippen LogP contribution in [0.2, 0.25) is 0 Å². The SMILES string of the molecule is FC1=CCC=C(c2cccc(Br)c2)C1. The van der Waals surface area contributed by atoms with E-state index in [9.17, 15) is 4.39 Å². The van der Waals surface area contributed by atoms with Crippen molar-refractivity contribution in [3.63, 3.8) is 0 Å². The maximum absolute atomic E-state index is 13.0. The van der Waals surface area contributed by atoms with Crippen molar-refractivity contribution in [2.75, 3.05) is 0 Å². The first-order valence-electron chi connectivity index (χ1n) is 4.55. The summed E-state index contributed by atoms with van der Waals surface area (Å²) in [5.74, 6) is -0.0255. The molecule has 0 fully saturated rings. The predicted octanol–water partition coefficient (Wildman–Crippen LogP) is 4.48. The van der Waals surface area contributed by atoms with E-state index in [0.29, 0.717) is 12.8 Å². The van der Waals surface area contributed by atoms with Gasteiger partial charge in [0.15, 0.2) is 0 Å². The monoisotopic (exact) mass is 252 g/mol. The summed E-state index contributed by atoms with van der Waals surface area (Å²) < 4.78 is 14.1. The van der Waals surface area contributed by atoms with Gasteiger partial charge in [-0.15, -0.1) is 0 Å². The van der Waals surface area contributed by atoms with Crippen LogP contribution >= 0.6 is 15.9 Å². The van der Waals surface area contributed by atoms with Crippen LogP contribution in [0.4, 0.5) is 4.39 Å². The Kier molecular flexibility index (Phi) is 2.82. The summed E-state index contributed by atoms with van der Waals surface area (Å²) in [6, 6.07) is 7.97. The molecule has 0 N–H and O–H groups in total. The summed E-state index contributed by atoms with van der Waals surface area (Å²) in [4.78, 5) is 0. The number of halogens is 2. The first-order valence-corrected chi connectivity index (χ1v) is 5.34. The molecule has 0 aromatic heterocycles. The molecule has 1 aromatic carbocycles. The average Bonchev–Trinajstić information content (AvgIpc) is 2.18. The van der Waals surface area contributed by atoms with Crippen molar-refractivity contribution in [2.45, 2.75) is 12.8 Å². The van der Waals surface area contributed by atoms with Crippen molar-refractivity contribution in [3.8, 4) is 0 Å². The number of rotatable bonds is 1. The van der Waals surface area contributed by atoms with Crippen molar-refractivity contribution in [1.29, 1.82) is 0 Å². The molecule has 1 aliphatic carbocycles. The van der Waals surface area contributed by atoms with Crippen LogP contribution in [0.3, 0.4) is 0 Å². The lowest BCUT2D eigenvalue weighted by atomic mass is 9.97. The maximum Gasteiger partial charge on any atom is 0.101 e. The topological polar surface area (TPSA) is 0 Å². The van der Waals surface area contributed by atoms with Crippen molar-refractivity contribution in [3.05, 3.63) is 52.3 Å². The Balaban J connectivity index is 2.28. The van der Waals surface area contributed by atoms with Crippen LogP contribution in [0, 0.1) is 0 Å². The summed E-state index contributed by atoms with van der Waals surface area (Å²) in [5, 5.41) is 0. The number of hydrogen-bond donors (Lipinski definition) is 0. The van der Waals surface area contributed by atoms with Crippen molar-refractivity contribution in [1.82, 2.24) is 0 Å². The van der Waals surface area contributed by atoms with E-state index in [2.05, 4.69) is 22.0 Å². The minimum absolute atomic E-state index is 0.0255. The Labute approximate surface area is 91.3 Å². The number of allylic oxidation sites excluding steroid dienone is 4. The van der Waals surface area contributed by atoms with Gasteiger partial charge in [-0.3, -0.25) is 0 Å². The van der Waals surface area contributed by atoms with Gasteiger partial charge in [0.2, 0.25) is 0 Å². The highest BCUT2D eigenvalue weighted by Gasteiger charge is 2.08. The van der Waals surface area contributed by atoms with Gasteiger partial charge in [-0.25, -0.2) is 4.39 Å². The Hall–Kier alpha value is -0.890. The molecular formula is C12H10BrF. The highest BCUT2D eigenvalue weighted by atomic mass is 79.9. The highest BCUT2D eigenvalue weighted by Crippen LogP contribution is 2.29. The molecule has 0 bridgehead atoms. The van der Waals surface area contributed by atoms with E-state index in [1.54, 1.807) is 6.08 Å². The predicted molar refractivity (Wildman–Crippen MR) is 60.5 cm³/mol. The largest absolute Gasteiger partial charge is 0.212 e. The van der Waals surface area contributed by atoms with E-state index < -0.39 is 0 Å². The molecule has 1 aromatic rings. The Morgan fingerprint density at radius 2 is 2.07 bits per heavy atom. The second-order valence-corrected chi connectivity index (χ2v) is 4.22. The zero-order chi connectivity index (χ0) is 9.97. The van der Waals surface area contributed by atoms with E-state index in [1.165, 1.54) is 0 Å². The highest BCUT2D eigenvalue weighted by molar-refractivity contribution is 9.10. The zero-order valence-electron chi connectivity index (χ0n) is 7.63. The van der Waals surface area contributed by atoms with Crippen LogP contribution in [0.25, 0.3) is 5.57 Å². The molecule has 0 heterocycles. The first kappa shape index (κ1) is 9.66. The van der Waals surface area contributed by atoms with Crippen molar-refractivity contribution < 1.29 is 4.39 Å². The third-order valence-corrected chi connectivity index (χ3v) is 2.75. The second kappa shape index (κ2) is 4.09. The number of benzene rings is 1. The van der Waals surface area contributed by atoms with E-state index in [0.717, 1.165) is 15.6 Å². The van der Waals surface area contributed by atoms with Crippen molar-refractivity contribution in [2.24, 2.45) is 0 Å². The quantitative estimate of drug-likeness (QED) is 0.692. The number of hydrogen-bond acceptors (Lipinski definition) is 0. The van der Waals surface area contributed by atoms with Gasteiger partial charge in [0.05, 0.1) is 0 Å². The van der Waals surface area contributed by atoms with Gasteiger partial charge in [0.25, 0.3) is 0 Å². The molecule has 0 atom stereocenters. The molecule has 0 nitrogen and oxygen atoms in total. The molecule has 0 saturated heterocycles. The zero-order valence-corrected chi connectivity index (χ0v) is 9.22. The summed E-state index contributed by atoms with van der Waals surface area (Å²) in [5.41, 5.74) is 2.17. The second-order valence-electron chi connectivity index (χ2n) is 3.30. The molecule has 0 amide bonds. The van der Waals surface area contributed by atoms with Gasteiger partial charge in [-0.2, -0.15) is 0 Å². The molecule has 0 aliphatic heterocycles. The fourth-order valence-electron chi connectivity index (χ4n) is 1.56. The van der Waals surface area contributed by atoms with E-state index in [1.807, 2.05) is 24.3 Å². The van der Waals surface area contributed by atoms with E-state index >= 15 is 0 Å². The van der Waals surface area contributed by atoms with Crippen LogP contribution in [0.1, 0.15) is 18.4 Å². The summed E-state index contributed by atoms with van der Waals surface area (Å²) in [6.07, 6.45) is 4.83. The van der Waals surface area contributed by atoms with Crippen LogP contribution < -0.4 is 0 Å². The molecule has 72 valence electrons. The lowest BCUT2D eigenvalue weighted by Crippen LogP contribution is -1.90. The Morgan fingerprint density at radius 1 is 1.21 bits per heavy atom. The third-order valence-electron chi connectivity index (χ3n) is 2.26. The molecular weight excluding hydrogens is 243 g/mol. The smallest absolute Gasteiger partial charge is 0.101 e. The lowest BCUT2D eigenvalue weighted by Gasteiger charge is -2.10. The maximum atomic E-state index is 13.0. The molecule has 0 saturated carbocycles. The van der Waals surface area contributed by atoms with Crippen LogP contribution in [-0.4, -0.2) is 0 Å². The van der Waals surface area contributed by atoms with E-state index in [-0.39, 0.29) is 5.83 Å². The Bertz CT molecular complexity index is 405. The van der Waals surface area contributed by atoms with Gasteiger partial charge in [0.1, 0.15) is 5.83 Å². The summed E-state index contributed by atoms with van der Waals surface area (Å²) >= 11 is 3.41. The van der Waals surface area contributed by atoms with Crippen LogP contribution in [0.15, 0.2) is 46.7 Å². The molecule has 0 unspecified atom stereocenters. The summed E-state index contributed by atoms with van der Waals surface area (Å²) in [6.45, 7) is 0. The molecule has 0 radical (unpaired) electrons.